The van der Waals surface area contributed by atoms with Gasteiger partial charge in [-0.1, -0.05) is 0 Å². The van der Waals surface area contributed by atoms with Crippen LogP contribution in [0.2, 0.25) is 0 Å². The molecule has 5 heavy (non-hydrogen) atoms. The van der Waals surface area contributed by atoms with E-state index in [0.717, 1.165) is 0 Å². The Morgan fingerprint density at radius 1 is 1.60 bits per heavy atom. The van der Waals surface area contributed by atoms with Gasteiger partial charge in [-0.3, -0.25) is 0 Å². The van der Waals surface area contributed by atoms with Crippen molar-refractivity contribution in [1.29, 1.82) is 0 Å². The van der Waals surface area contributed by atoms with Crippen LogP contribution in [0, 0.1) is 6.92 Å². The van der Waals surface area contributed by atoms with Crippen molar-refractivity contribution in [3.05, 3.63) is 6.92 Å². The number of hydrogen-bond acceptors (Lipinski definition) is 1. The van der Waals surface area contributed by atoms with Gasteiger partial charge in [-0.05, 0) is 0 Å². The second kappa shape index (κ2) is 8.82. The van der Waals surface area contributed by atoms with Crippen molar-refractivity contribution in [1.82, 2.24) is 0 Å². The summed E-state index contributed by atoms with van der Waals surface area (Å²) in [6, 6.07) is 0. The molecule has 1 N–H and O–H groups in total. The average Bonchev–Trinajstić information content (AvgIpc) is 1.37. The summed E-state index contributed by atoms with van der Waals surface area (Å²) in [7, 11) is 0. The van der Waals surface area contributed by atoms with Crippen LogP contribution in [0.25, 0.3) is 0 Å². The zero-order valence-electron chi connectivity index (χ0n) is 2.98. The molecule has 0 aliphatic carbocycles. The van der Waals surface area contributed by atoms with E-state index in [2.05, 4.69) is 6.92 Å². The Bertz CT molecular complexity index is 8.85. The van der Waals surface area contributed by atoms with Crippen LogP contribution in [0.3, 0.4) is 0 Å². The van der Waals surface area contributed by atoms with Crippen molar-refractivity contribution in [3.8, 4) is 0 Å². The van der Waals surface area contributed by atoms with E-state index in [9.17, 15) is 0 Å². The third-order valence-electron chi connectivity index (χ3n) is 0.158. The van der Waals surface area contributed by atoms with E-state index in [1.165, 1.54) is 0 Å². The molecule has 0 fully saturated rings. The monoisotopic (exact) mass is 243 g/mol. The van der Waals surface area contributed by atoms with E-state index in [1.54, 1.807) is 0 Å². The minimum absolute atomic E-state index is 0. The number of rotatable bonds is 1. The van der Waals surface area contributed by atoms with E-state index in [-0.39, 0.29) is 27.7 Å². The standard InChI is InChI=1S/C3H7O.W/c1-2-3-4;/h4H,1-3H2;/q-1;+2. The molecule has 0 aliphatic rings. The molecule has 0 saturated carbocycles. The SMILES string of the molecule is [CH2-]CCO.[W+2]. The second-order valence-corrected chi connectivity index (χ2v) is 0.577. The Balaban J connectivity index is 0. The van der Waals surface area contributed by atoms with Crippen LogP contribution in [0.1, 0.15) is 6.42 Å². The predicted octanol–water partition coefficient (Wildman–Crippen LogP) is 0.200. The summed E-state index contributed by atoms with van der Waals surface area (Å²) >= 11 is 0. The number of aliphatic hydroxyl groups is 1. The molecule has 0 bridgehead atoms. The van der Waals surface area contributed by atoms with Gasteiger partial charge in [-0.15, -0.1) is 0 Å². The molecule has 0 aromatic rings. The van der Waals surface area contributed by atoms with Gasteiger partial charge in [0.1, 0.15) is 0 Å². The van der Waals surface area contributed by atoms with Crippen LogP contribution in [-0.4, -0.2) is 11.7 Å². The summed E-state index contributed by atoms with van der Waals surface area (Å²) in [5.74, 6) is 0. The van der Waals surface area contributed by atoms with Crippen LogP contribution in [0.5, 0.6) is 0 Å². The topological polar surface area (TPSA) is 20.2 Å². The van der Waals surface area contributed by atoms with Crippen molar-refractivity contribution in [2.24, 2.45) is 0 Å². The maximum Gasteiger partial charge on any atom is 2.00 e. The minimum atomic E-state index is 0. The first-order valence-corrected chi connectivity index (χ1v) is 1.32. The molecule has 0 heterocycles. The van der Waals surface area contributed by atoms with Crippen molar-refractivity contribution in [2.45, 2.75) is 6.42 Å². The van der Waals surface area contributed by atoms with E-state index < -0.39 is 0 Å². The largest absolute Gasteiger partial charge is 2.00 e. The quantitative estimate of drug-likeness (QED) is 0.652. The molecular weight excluding hydrogens is 236 g/mol. The zero-order valence-corrected chi connectivity index (χ0v) is 5.91. The second-order valence-electron chi connectivity index (χ2n) is 0.577. The molecular formula is C3H7OW+. The van der Waals surface area contributed by atoms with Crippen LogP contribution < -0.4 is 0 Å². The van der Waals surface area contributed by atoms with Crippen molar-refractivity contribution in [3.63, 3.8) is 0 Å². The van der Waals surface area contributed by atoms with E-state index in [1.807, 2.05) is 0 Å². The summed E-state index contributed by atoms with van der Waals surface area (Å²) in [5.41, 5.74) is 0. The van der Waals surface area contributed by atoms with Gasteiger partial charge < -0.3 is 12.0 Å². The fraction of sp³-hybridized carbons (Fsp3) is 0.667. The van der Waals surface area contributed by atoms with Gasteiger partial charge in [0, 0.05) is 6.61 Å². The van der Waals surface area contributed by atoms with Gasteiger partial charge in [0.15, 0.2) is 0 Å². The van der Waals surface area contributed by atoms with Gasteiger partial charge in [0.2, 0.25) is 0 Å². The van der Waals surface area contributed by atoms with E-state index in [0.29, 0.717) is 6.42 Å². The molecule has 2 heteroatoms. The molecule has 0 amide bonds. The van der Waals surface area contributed by atoms with Crippen LogP contribution in [0.4, 0.5) is 0 Å². The van der Waals surface area contributed by atoms with Gasteiger partial charge in [0.25, 0.3) is 0 Å². The number of hydrogen-bond donors (Lipinski definition) is 1. The maximum absolute atomic E-state index is 7.81. The van der Waals surface area contributed by atoms with Gasteiger partial charge >= 0.3 is 21.1 Å². The van der Waals surface area contributed by atoms with Gasteiger partial charge in [-0.25, -0.2) is 0 Å². The first-order chi connectivity index (χ1) is 1.91. The van der Waals surface area contributed by atoms with E-state index in [4.69, 9.17) is 5.11 Å². The van der Waals surface area contributed by atoms with Crippen molar-refractivity contribution >= 4 is 0 Å². The molecule has 30 valence electrons. The van der Waals surface area contributed by atoms with Crippen LogP contribution in [0.15, 0.2) is 0 Å². The molecule has 0 aliphatic heterocycles. The summed E-state index contributed by atoms with van der Waals surface area (Å²) in [4.78, 5) is 0. The first kappa shape index (κ1) is 9.17. The van der Waals surface area contributed by atoms with Crippen molar-refractivity contribution < 1.29 is 26.2 Å². The molecule has 0 aromatic heterocycles. The molecule has 1 nitrogen and oxygen atoms in total. The van der Waals surface area contributed by atoms with E-state index >= 15 is 0 Å². The van der Waals surface area contributed by atoms with Crippen LogP contribution in [-0.2, 0) is 21.1 Å². The fourth-order valence-corrected chi connectivity index (χ4v) is 0. The molecule has 0 saturated heterocycles. The van der Waals surface area contributed by atoms with Gasteiger partial charge in [-0.2, -0.15) is 6.42 Å². The average molecular weight is 243 g/mol. The smallest absolute Gasteiger partial charge is 0.399 e. The minimum Gasteiger partial charge on any atom is -0.399 e. The first-order valence-electron chi connectivity index (χ1n) is 1.32. The molecule has 0 rings (SSSR count). The zero-order chi connectivity index (χ0) is 3.41. The number of aliphatic hydroxyl groups excluding tert-OH is 1. The Hall–Kier alpha value is 0.648. The van der Waals surface area contributed by atoms with Crippen LogP contribution >= 0.6 is 0 Å². The Kier molecular flexibility index (Phi) is 16.2. The Morgan fingerprint density at radius 2 is 1.80 bits per heavy atom. The third kappa shape index (κ3) is 12.0. The summed E-state index contributed by atoms with van der Waals surface area (Å²) in [6.45, 7) is 3.56. The predicted molar refractivity (Wildman–Crippen MR) is 17.1 cm³/mol. The normalized spacial score (nSPS) is 6.00. The Labute approximate surface area is 46.7 Å². The Morgan fingerprint density at radius 3 is 1.80 bits per heavy atom. The fourth-order valence-electron chi connectivity index (χ4n) is 0. The summed E-state index contributed by atoms with van der Waals surface area (Å²) in [6.07, 6.45) is 0.625. The molecule has 0 atom stereocenters. The third-order valence-corrected chi connectivity index (χ3v) is 0.158. The van der Waals surface area contributed by atoms with Crippen molar-refractivity contribution in [2.75, 3.05) is 6.61 Å². The summed E-state index contributed by atoms with van der Waals surface area (Å²) < 4.78 is 0. The van der Waals surface area contributed by atoms with Gasteiger partial charge in [0.05, 0.1) is 0 Å². The summed E-state index contributed by atoms with van der Waals surface area (Å²) in [5, 5.41) is 7.81. The molecule has 0 unspecified atom stereocenters. The maximum atomic E-state index is 7.81. The molecule has 0 radical (unpaired) electrons. The molecule has 0 aromatic carbocycles. The molecule has 0 spiro atoms.